The first-order chi connectivity index (χ1) is 12.1. The molecule has 1 aromatic carbocycles. The molecule has 3 atom stereocenters. The SMILES string of the molecule is C[C@@H]1C[C@H]1C(=O)OCC(=O)N1CCC[C@H](c2nc3ccccc3s2)C1. The number of nitrogens with zero attached hydrogens (tertiary/aromatic N) is 2. The minimum atomic E-state index is -0.222. The van der Waals surface area contributed by atoms with Gasteiger partial charge in [-0.1, -0.05) is 19.1 Å². The highest BCUT2D eigenvalue weighted by atomic mass is 32.1. The van der Waals surface area contributed by atoms with Gasteiger partial charge in [-0.2, -0.15) is 0 Å². The van der Waals surface area contributed by atoms with Gasteiger partial charge < -0.3 is 9.64 Å². The summed E-state index contributed by atoms with van der Waals surface area (Å²) in [7, 11) is 0. The summed E-state index contributed by atoms with van der Waals surface area (Å²) in [6.45, 7) is 3.29. The highest BCUT2D eigenvalue weighted by Crippen LogP contribution is 2.38. The number of benzene rings is 1. The van der Waals surface area contributed by atoms with Gasteiger partial charge in [-0.3, -0.25) is 9.59 Å². The summed E-state index contributed by atoms with van der Waals surface area (Å²) in [4.78, 5) is 30.8. The normalized spacial score (nSPS) is 25.8. The van der Waals surface area contributed by atoms with Crippen LogP contribution in [0.1, 0.15) is 37.1 Å². The molecule has 2 heterocycles. The van der Waals surface area contributed by atoms with Crippen LogP contribution < -0.4 is 0 Å². The van der Waals surface area contributed by atoms with Crippen molar-refractivity contribution in [2.24, 2.45) is 11.8 Å². The lowest BCUT2D eigenvalue weighted by atomic mass is 9.99. The molecule has 0 N–H and O–H groups in total. The van der Waals surface area contributed by atoms with Gasteiger partial charge in [-0.25, -0.2) is 4.98 Å². The van der Waals surface area contributed by atoms with Crippen LogP contribution in [-0.2, 0) is 14.3 Å². The zero-order valence-corrected chi connectivity index (χ0v) is 15.1. The molecule has 0 radical (unpaired) electrons. The Morgan fingerprint density at radius 2 is 2.16 bits per heavy atom. The summed E-state index contributed by atoms with van der Waals surface area (Å²) in [5, 5.41) is 1.10. The molecule has 1 saturated heterocycles. The van der Waals surface area contributed by atoms with Crippen LogP contribution in [0.4, 0.5) is 0 Å². The van der Waals surface area contributed by atoms with Gasteiger partial charge >= 0.3 is 5.97 Å². The van der Waals surface area contributed by atoms with Crippen molar-refractivity contribution in [1.29, 1.82) is 0 Å². The number of esters is 1. The number of ether oxygens (including phenoxy) is 1. The molecule has 2 fully saturated rings. The lowest BCUT2D eigenvalue weighted by molar-refractivity contribution is -0.153. The van der Waals surface area contributed by atoms with Crippen molar-refractivity contribution >= 4 is 33.4 Å². The summed E-state index contributed by atoms with van der Waals surface area (Å²) in [5.41, 5.74) is 1.03. The van der Waals surface area contributed by atoms with Gasteiger partial charge in [0.25, 0.3) is 5.91 Å². The van der Waals surface area contributed by atoms with Crippen LogP contribution in [-0.4, -0.2) is 41.5 Å². The van der Waals surface area contributed by atoms with Crippen molar-refractivity contribution in [3.05, 3.63) is 29.3 Å². The van der Waals surface area contributed by atoms with Crippen molar-refractivity contribution in [3.63, 3.8) is 0 Å². The zero-order valence-electron chi connectivity index (χ0n) is 14.3. The number of piperidine rings is 1. The molecule has 25 heavy (non-hydrogen) atoms. The van der Waals surface area contributed by atoms with Crippen LogP contribution in [0.15, 0.2) is 24.3 Å². The second-order valence-corrected chi connectivity index (χ2v) is 8.19. The van der Waals surface area contributed by atoms with E-state index in [0.717, 1.165) is 36.3 Å². The van der Waals surface area contributed by atoms with Gasteiger partial charge in [-0.05, 0) is 37.3 Å². The molecule has 1 aromatic heterocycles. The summed E-state index contributed by atoms with van der Waals surface area (Å²) >= 11 is 1.71. The van der Waals surface area contributed by atoms with Gasteiger partial charge in [0.1, 0.15) is 0 Å². The first-order valence-corrected chi connectivity index (χ1v) is 9.73. The topological polar surface area (TPSA) is 59.5 Å². The Morgan fingerprint density at radius 1 is 1.36 bits per heavy atom. The average molecular weight is 358 g/mol. The molecule has 2 aromatic rings. The number of hydrogen-bond acceptors (Lipinski definition) is 5. The van der Waals surface area contributed by atoms with Gasteiger partial charge in [-0.15, -0.1) is 11.3 Å². The van der Waals surface area contributed by atoms with E-state index in [1.807, 2.05) is 30.0 Å². The zero-order chi connectivity index (χ0) is 17.4. The van der Waals surface area contributed by atoms with Crippen molar-refractivity contribution in [2.75, 3.05) is 19.7 Å². The first-order valence-electron chi connectivity index (χ1n) is 8.91. The third-order valence-electron chi connectivity index (χ3n) is 5.18. The first kappa shape index (κ1) is 16.5. The fraction of sp³-hybridized carbons (Fsp3) is 0.526. The highest BCUT2D eigenvalue weighted by Gasteiger charge is 2.41. The maximum Gasteiger partial charge on any atom is 0.309 e. The lowest BCUT2D eigenvalue weighted by Crippen LogP contribution is -2.41. The van der Waals surface area contributed by atoms with E-state index in [-0.39, 0.29) is 30.3 Å². The van der Waals surface area contributed by atoms with E-state index in [1.54, 1.807) is 11.3 Å². The number of aromatic nitrogens is 1. The number of likely N-dealkylation sites (tertiary alicyclic amines) is 1. The second-order valence-electron chi connectivity index (χ2n) is 7.13. The molecule has 0 bridgehead atoms. The smallest absolute Gasteiger partial charge is 0.309 e. The maximum absolute atomic E-state index is 12.4. The second kappa shape index (κ2) is 6.75. The third-order valence-corrected chi connectivity index (χ3v) is 6.38. The molecular formula is C19H22N2O3S. The summed E-state index contributed by atoms with van der Waals surface area (Å²) in [5.74, 6) is 0.368. The Hall–Kier alpha value is -1.95. The third kappa shape index (κ3) is 3.54. The maximum atomic E-state index is 12.4. The molecule has 1 aliphatic heterocycles. The minimum Gasteiger partial charge on any atom is -0.455 e. The number of thiazole rings is 1. The van der Waals surface area contributed by atoms with E-state index >= 15 is 0 Å². The van der Waals surface area contributed by atoms with E-state index in [0.29, 0.717) is 12.5 Å². The Labute approximate surface area is 151 Å². The molecule has 5 nitrogen and oxygen atoms in total. The molecule has 2 aliphatic rings. The molecule has 6 heteroatoms. The molecule has 1 saturated carbocycles. The Morgan fingerprint density at radius 3 is 2.92 bits per heavy atom. The Balaban J connectivity index is 1.36. The predicted molar refractivity (Wildman–Crippen MR) is 96.4 cm³/mol. The van der Waals surface area contributed by atoms with Crippen LogP contribution in [0, 0.1) is 11.8 Å². The predicted octanol–water partition coefficient (Wildman–Crippen LogP) is 3.20. The number of fused-ring (bicyclic) bond motifs is 1. The van der Waals surface area contributed by atoms with Crippen LogP contribution in [0.25, 0.3) is 10.2 Å². The molecule has 132 valence electrons. The number of para-hydroxylation sites is 1. The monoisotopic (exact) mass is 358 g/mol. The number of rotatable bonds is 4. The minimum absolute atomic E-state index is 0.00431. The van der Waals surface area contributed by atoms with Gasteiger partial charge in [0.15, 0.2) is 6.61 Å². The van der Waals surface area contributed by atoms with Crippen molar-refractivity contribution in [1.82, 2.24) is 9.88 Å². The Kier molecular flexibility index (Phi) is 4.46. The van der Waals surface area contributed by atoms with E-state index in [2.05, 4.69) is 6.07 Å². The van der Waals surface area contributed by atoms with Crippen LogP contribution in [0.2, 0.25) is 0 Å². The number of hydrogen-bond donors (Lipinski definition) is 0. The van der Waals surface area contributed by atoms with Crippen LogP contribution in [0.5, 0.6) is 0 Å². The van der Waals surface area contributed by atoms with E-state index < -0.39 is 0 Å². The molecular weight excluding hydrogens is 336 g/mol. The van der Waals surface area contributed by atoms with Gasteiger partial charge in [0.05, 0.1) is 21.1 Å². The summed E-state index contributed by atoms with van der Waals surface area (Å²) in [6.07, 6.45) is 2.89. The van der Waals surface area contributed by atoms with E-state index in [4.69, 9.17) is 9.72 Å². The van der Waals surface area contributed by atoms with E-state index in [1.165, 1.54) is 4.70 Å². The fourth-order valence-electron chi connectivity index (χ4n) is 3.45. The average Bonchev–Trinajstić information content (AvgIpc) is 3.21. The molecule has 1 amide bonds. The standard InChI is InChI=1S/C19H22N2O3S/c1-12-9-14(12)19(23)24-11-17(22)21-8-4-5-13(10-21)18-20-15-6-2-3-7-16(15)25-18/h2-3,6-7,12-14H,4-5,8-11H2,1H3/t12-,13+,14-/m1/s1. The van der Waals surface area contributed by atoms with Crippen molar-refractivity contribution in [2.45, 2.75) is 32.1 Å². The summed E-state index contributed by atoms with van der Waals surface area (Å²) in [6, 6.07) is 8.13. The number of amides is 1. The van der Waals surface area contributed by atoms with Gasteiger partial charge in [0.2, 0.25) is 0 Å². The molecule has 0 unspecified atom stereocenters. The molecule has 0 spiro atoms. The summed E-state index contributed by atoms with van der Waals surface area (Å²) < 4.78 is 6.39. The van der Waals surface area contributed by atoms with Crippen molar-refractivity contribution < 1.29 is 14.3 Å². The van der Waals surface area contributed by atoms with Crippen LogP contribution in [0.3, 0.4) is 0 Å². The largest absolute Gasteiger partial charge is 0.455 e. The van der Waals surface area contributed by atoms with E-state index in [9.17, 15) is 9.59 Å². The fourth-order valence-corrected chi connectivity index (χ4v) is 4.54. The number of carbonyl (C=O) groups excluding carboxylic acids is 2. The molecule has 4 rings (SSSR count). The van der Waals surface area contributed by atoms with Crippen molar-refractivity contribution in [3.8, 4) is 0 Å². The number of carbonyl (C=O) groups is 2. The Bertz CT molecular complexity index is 770. The highest BCUT2D eigenvalue weighted by molar-refractivity contribution is 7.18. The quantitative estimate of drug-likeness (QED) is 0.788. The van der Waals surface area contributed by atoms with Gasteiger partial charge in [0, 0.05) is 19.0 Å². The lowest BCUT2D eigenvalue weighted by Gasteiger charge is -2.31. The molecule has 1 aliphatic carbocycles. The van der Waals surface area contributed by atoms with Crippen LogP contribution >= 0.6 is 11.3 Å².